The summed E-state index contributed by atoms with van der Waals surface area (Å²) in [6.07, 6.45) is 6.60. The molecule has 134 valence electrons. The molecule has 1 amide bonds. The van der Waals surface area contributed by atoms with E-state index in [1.54, 1.807) is 6.20 Å². The Balaban J connectivity index is 1.47. The van der Waals surface area contributed by atoms with Crippen LogP contribution in [0.2, 0.25) is 0 Å². The molecule has 6 heteroatoms. The van der Waals surface area contributed by atoms with Crippen LogP contribution in [-0.4, -0.2) is 70.9 Å². The topological polar surface area (TPSA) is 52.8 Å². The van der Waals surface area contributed by atoms with Crippen LogP contribution in [0.25, 0.3) is 0 Å². The van der Waals surface area contributed by atoms with Gasteiger partial charge in [-0.3, -0.25) is 14.6 Å². The van der Waals surface area contributed by atoms with E-state index < -0.39 is 0 Å². The molecule has 2 aliphatic rings. The molecule has 2 aliphatic heterocycles. The number of oxazole rings is 1. The highest BCUT2D eigenvalue weighted by Gasteiger charge is 2.29. The smallest absolute Gasteiger partial charge is 0.239 e. The summed E-state index contributed by atoms with van der Waals surface area (Å²) >= 11 is 0. The Hall–Kier alpha value is -1.40. The summed E-state index contributed by atoms with van der Waals surface area (Å²) in [5, 5.41) is 0. The highest BCUT2D eigenvalue weighted by Crippen LogP contribution is 2.15. The molecule has 0 aliphatic carbocycles. The van der Waals surface area contributed by atoms with Crippen LogP contribution < -0.4 is 0 Å². The van der Waals surface area contributed by atoms with Gasteiger partial charge in [0.25, 0.3) is 0 Å². The molecule has 1 atom stereocenters. The number of amides is 1. The molecule has 0 spiro atoms. The third-order valence-electron chi connectivity index (χ3n) is 5.26. The number of likely N-dealkylation sites (tertiary alicyclic amines) is 1. The van der Waals surface area contributed by atoms with Crippen molar-refractivity contribution in [1.82, 2.24) is 19.7 Å². The number of carbonyl (C=O) groups excluding carboxylic acids is 1. The summed E-state index contributed by atoms with van der Waals surface area (Å²) in [5.74, 6) is 1.96. The molecular formula is C18H30N4O2. The van der Waals surface area contributed by atoms with Crippen molar-refractivity contribution in [2.45, 2.75) is 52.1 Å². The first-order valence-electron chi connectivity index (χ1n) is 9.30. The van der Waals surface area contributed by atoms with E-state index in [2.05, 4.69) is 26.6 Å². The zero-order valence-electron chi connectivity index (χ0n) is 15.0. The van der Waals surface area contributed by atoms with E-state index in [0.29, 0.717) is 5.91 Å². The van der Waals surface area contributed by atoms with Gasteiger partial charge in [0.15, 0.2) is 0 Å². The predicted octanol–water partition coefficient (Wildman–Crippen LogP) is 1.89. The number of aromatic nitrogens is 1. The van der Waals surface area contributed by atoms with Crippen molar-refractivity contribution in [3.05, 3.63) is 17.8 Å². The van der Waals surface area contributed by atoms with Crippen LogP contribution in [0.5, 0.6) is 0 Å². The first-order chi connectivity index (χ1) is 11.6. The van der Waals surface area contributed by atoms with Crippen molar-refractivity contribution < 1.29 is 9.21 Å². The molecule has 1 aromatic heterocycles. The molecule has 0 unspecified atom stereocenters. The molecule has 0 saturated carbocycles. The first kappa shape index (κ1) is 17.4. The van der Waals surface area contributed by atoms with Gasteiger partial charge < -0.3 is 9.32 Å². The fraction of sp³-hybridized carbons (Fsp3) is 0.778. The van der Waals surface area contributed by atoms with E-state index in [9.17, 15) is 4.79 Å². The van der Waals surface area contributed by atoms with Gasteiger partial charge in [0.1, 0.15) is 5.76 Å². The highest BCUT2D eigenvalue weighted by atomic mass is 16.4. The van der Waals surface area contributed by atoms with Gasteiger partial charge in [-0.05, 0) is 26.7 Å². The average Bonchev–Trinajstić information content (AvgIpc) is 2.84. The lowest BCUT2D eigenvalue weighted by Crippen LogP contribution is -2.54. The van der Waals surface area contributed by atoms with Crippen molar-refractivity contribution in [1.29, 1.82) is 0 Å². The summed E-state index contributed by atoms with van der Waals surface area (Å²) in [4.78, 5) is 23.8. The van der Waals surface area contributed by atoms with Crippen molar-refractivity contribution in [2.24, 2.45) is 0 Å². The third-order valence-corrected chi connectivity index (χ3v) is 5.26. The van der Waals surface area contributed by atoms with Gasteiger partial charge in [-0.15, -0.1) is 0 Å². The zero-order chi connectivity index (χ0) is 16.9. The third kappa shape index (κ3) is 4.36. The highest BCUT2D eigenvalue weighted by molar-refractivity contribution is 5.81. The van der Waals surface area contributed by atoms with E-state index in [4.69, 9.17) is 4.42 Å². The molecule has 1 aromatic rings. The van der Waals surface area contributed by atoms with Gasteiger partial charge in [0.05, 0.1) is 18.8 Å². The van der Waals surface area contributed by atoms with E-state index in [1.165, 1.54) is 12.8 Å². The van der Waals surface area contributed by atoms with E-state index in [-0.39, 0.29) is 6.04 Å². The van der Waals surface area contributed by atoms with Gasteiger partial charge in [-0.1, -0.05) is 12.8 Å². The monoisotopic (exact) mass is 334 g/mol. The molecule has 0 bridgehead atoms. The molecule has 0 radical (unpaired) electrons. The minimum Gasteiger partial charge on any atom is -0.445 e. The van der Waals surface area contributed by atoms with Crippen molar-refractivity contribution >= 4 is 5.91 Å². The summed E-state index contributed by atoms with van der Waals surface area (Å²) in [7, 11) is 0. The number of nitrogens with zero attached hydrogens (tertiary/aromatic N) is 4. The summed E-state index contributed by atoms with van der Waals surface area (Å²) in [6, 6.07) is -0.00534. The van der Waals surface area contributed by atoms with Crippen LogP contribution in [0.15, 0.2) is 10.6 Å². The standard InChI is InChI=1S/C18H30N4O2/c1-15-13-19-17(24-15)14-20-9-11-21(12-10-20)16(2)18(23)22-7-5-3-4-6-8-22/h13,16H,3-12,14H2,1-2H3/t16-/m1/s1. The van der Waals surface area contributed by atoms with Gasteiger partial charge in [0, 0.05) is 39.3 Å². The fourth-order valence-corrected chi connectivity index (χ4v) is 3.69. The molecule has 6 nitrogen and oxygen atoms in total. The second-order valence-corrected chi connectivity index (χ2v) is 7.09. The summed E-state index contributed by atoms with van der Waals surface area (Å²) in [5.41, 5.74) is 0. The van der Waals surface area contributed by atoms with Crippen LogP contribution >= 0.6 is 0 Å². The lowest BCUT2D eigenvalue weighted by Gasteiger charge is -2.38. The Morgan fingerprint density at radius 2 is 1.79 bits per heavy atom. The molecule has 24 heavy (non-hydrogen) atoms. The number of rotatable bonds is 4. The number of carbonyl (C=O) groups is 1. The van der Waals surface area contributed by atoms with Crippen molar-refractivity contribution in [3.8, 4) is 0 Å². The lowest BCUT2D eigenvalue weighted by molar-refractivity contribution is -0.137. The molecule has 0 aromatic carbocycles. The SMILES string of the molecule is Cc1cnc(CN2CCN([C@H](C)C(=O)N3CCCCCC3)CC2)o1. The molecule has 3 rings (SSSR count). The second kappa shape index (κ2) is 8.12. The number of piperazine rings is 1. The maximum Gasteiger partial charge on any atom is 0.239 e. The van der Waals surface area contributed by atoms with E-state index in [1.807, 2.05) is 6.92 Å². The molecule has 2 fully saturated rings. The maximum absolute atomic E-state index is 12.8. The van der Waals surface area contributed by atoms with Gasteiger partial charge in [0.2, 0.25) is 11.8 Å². The number of aryl methyl sites for hydroxylation is 1. The van der Waals surface area contributed by atoms with E-state index >= 15 is 0 Å². The predicted molar refractivity (Wildman–Crippen MR) is 92.6 cm³/mol. The zero-order valence-corrected chi connectivity index (χ0v) is 15.0. The summed E-state index contributed by atoms with van der Waals surface area (Å²) in [6.45, 7) is 10.4. The molecular weight excluding hydrogens is 304 g/mol. The minimum absolute atomic E-state index is 0.00534. The lowest BCUT2D eigenvalue weighted by atomic mass is 10.2. The first-order valence-corrected chi connectivity index (χ1v) is 9.30. The Morgan fingerprint density at radius 3 is 2.38 bits per heavy atom. The van der Waals surface area contributed by atoms with Gasteiger partial charge >= 0.3 is 0 Å². The van der Waals surface area contributed by atoms with Crippen molar-refractivity contribution in [3.63, 3.8) is 0 Å². The second-order valence-electron chi connectivity index (χ2n) is 7.09. The van der Waals surface area contributed by atoms with E-state index in [0.717, 1.165) is 70.3 Å². The number of hydrogen-bond donors (Lipinski definition) is 0. The normalized spacial score (nSPS) is 22.3. The van der Waals surface area contributed by atoms with Crippen LogP contribution in [0.1, 0.15) is 44.3 Å². The van der Waals surface area contributed by atoms with Crippen LogP contribution in [-0.2, 0) is 11.3 Å². The summed E-state index contributed by atoms with van der Waals surface area (Å²) < 4.78 is 5.56. The minimum atomic E-state index is -0.00534. The van der Waals surface area contributed by atoms with Crippen LogP contribution in [0.3, 0.4) is 0 Å². The molecule has 3 heterocycles. The van der Waals surface area contributed by atoms with Gasteiger partial charge in [-0.2, -0.15) is 0 Å². The largest absolute Gasteiger partial charge is 0.445 e. The molecule has 0 N–H and O–H groups in total. The van der Waals surface area contributed by atoms with Crippen LogP contribution in [0, 0.1) is 6.92 Å². The fourth-order valence-electron chi connectivity index (χ4n) is 3.69. The number of hydrogen-bond acceptors (Lipinski definition) is 5. The molecule has 2 saturated heterocycles. The van der Waals surface area contributed by atoms with Gasteiger partial charge in [-0.25, -0.2) is 4.98 Å². The Bertz CT molecular complexity index is 529. The van der Waals surface area contributed by atoms with Crippen LogP contribution in [0.4, 0.5) is 0 Å². The quantitative estimate of drug-likeness (QED) is 0.842. The van der Waals surface area contributed by atoms with Crippen molar-refractivity contribution in [2.75, 3.05) is 39.3 Å². The Labute approximate surface area is 144 Å². The Kier molecular flexibility index (Phi) is 5.89. The maximum atomic E-state index is 12.8. The average molecular weight is 334 g/mol. The Morgan fingerprint density at radius 1 is 1.12 bits per heavy atom.